The van der Waals surface area contributed by atoms with Gasteiger partial charge < -0.3 is 10.6 Å². The van der Waals surface area contributed by atoms with Crippen LogP contribution in [-0.4, -0.2) is 23.5 Å². The smallest absolute Gasteiger partial charge is 0.313 e. The topological polar surface area (TPSA) is 54.0 Å². The molecule has 1 aromatic carbocycles. The van der Waals surface area contributed by atoms with Gasteiger partial charge in [0.05, 0.1) is 5.56 Å². The number of alkyl halides is 3. The highest BCUT2D eigenvalue weighted by Crippen LogP contribution is 2.30. The summed E-state index contributed by atoms with van der Waals surface area (Å²) in [5.74, 6) is -0.0978. The van der Waals surface area contributed by atoms with Gasteiger partial charge in [0.1, 0.15) is 0 Å². The Morgan fingerprint density at radius 3 is 2.88 bits per heavy atom. The van der Waals surface area contributed by atoms with Crippen LogP contribution in [0, 0.1) is 0 Å². The zero-order valence-electron chi connectivity index (χ0n) is 13.8. The normalized spacial score (nSPS) is 17.0. The predicted molar refractivity (Wildman–Crippen MR) is 97.9 cm³/mol. The van der Waals surface area contributed by atoms with Crippen LogP contribution in [0.4, 0.5) is 18.3 Å². The maximum atomic E-state index is 12.8. The minimum atomic E-state index is -4.35. The number of nitrogens with zero attached hydrogens (tertiary/aromatic N) is 1. The molecule has 26 heavy (non-hydrogen) atoms. The molecule has 1 saturated heterocycles. The van der Waals surface area contributed by atoms with E-state index < -0.39 is 11.7 Å². The average molecular weight is 406 g/mol. The van der Waals surface area contributed by atoms with Crippen molar-refractivity contribution in [2.75, 3.05) is 11.9 Å². The van der Waals surface area contributed by atoms with Gasteiger partial charge in [-0.25, -0.2) is 4.98 Å². The van der Waals surface area contributed by atoms with Crippen LogP contribution in [0.5, 0.6) is 0 Å². The number of aromatic nitrogens is 1. The van der Waals surface area contributed by atoms with E-state index >= 15 is 0 Å². The number of hydrogen-bond donors (Lipinski definition) is 2. The molecular weight excluding hydrogens is 387 g/mol. The summed E-state index contributed by atoms with van der Waals surface area (Å²) in [4.78, 5) is 16.9. The lowest BCUT2D eigenvalue weighted by Crippen LogP contribution is -2.27. The molecule has 0 saturated carbocycles. The molecule has 1 atom stereocenters. The molecule has 3 rings (SSSR count). The number of hydrogen-bond acceptors (Lipinski definition) is 4. The maximum Gasteiger partial charge on any atom is 0.416 e. The highest BCUT2D eigenvalue weighted by atomic mass is 35.5. The standard InChI is InChI=1S/C17H18F3N3OS.ClH/c18-17(19,20)12-4-1-3-11(7-12)8-14-10-22-16(25-14)23-15(24)9-13-5-2-6-21-13;/h1,3-4,7,10,13,21H,2,5-6,8-9H2,(H,22,23,24);1H. The minimum absolute atomic E-state index is 0. The quantitative estimate of drug-likeness (QED) is 0.781. The van der Waals surface area contributed by atoms with Gasteiger partial charge in [-0.1, -0.05) is 18.2 Å². The van der Waals surface area contributed by atoms with Gasteiger partial charge in [0.25, 0.3) is 0 Å². The molecule has 2 heterocycles. The van der Waals surface area contributed by atoms with Crippen molar-refractivity contribution in [1.29, 1.82) is 0 Å². The summed E-state index contributed by atoms with van der Waals surface area (Å²) in [6.45, 7) is 0.941. The lowest BCUT2D eigenvalue weighted by Gasteiger charge is -2.08. The molecule has 0 radical (unpaired) electrons. The molecule has 1 aromatic heterocycles. The number of carbonyl (C=O) groups excluding carboxylic acids is 1. The first-order chi connectivity index (χ1) is 11.9. The molecular formula is C17H19ClF3N3OS. The van der Waals surface area contributed by atoms with Gasteiger partial charge in [-0.3, -0.25) is 4.79 Å². The van der Waals surface area contributed by atoms with Crippen molar-refractivity contribution in [2.45, 2.75) is 37.9 Å². The predicted octanol–water partition coefficient (Wildman–Crippen LogP) is 4.26. The Labute approximate surface area is 159 Å². The molecule has 2 N–H and O–H groups in total. The van der Waals surface area contributed by atoms with Crippen LogP contribution in [-0.2, 0) is 17.4 Å². The van der Waals surface area contributed by atoms with E-state index in [1.165, 1.54) is 17.4 Å². The number of carbonyl (C=O) groups is 1. The van der Waals surface area contributed by atoms with Crippen LogP contribution in [0.3, 0.4) is 0 Å². The summed E-state index contributed by atoms with van der Waals surface area (Å²) in [7, 11) is 0. The monoisotopic (exact) mass is 405 g/mol. The summed E-state index contributed by atoms with van der Waals surface area (Å²) >= 11 is 1.28. The highest BCUT2D eigenvalue weighted by Gasteiger charge is 2.30. The number of anilines is 1. The van der Waals surface area contributed by atoms with Crippen molar-refractivity contribution in [2.24, 2.45) is 0 Å². The number of thiazole rings is 1. The van der Waals surface area contributed by atoms with Crippen LogP contribution in [0.15, 0.2) is 30.5 Å². The molecule has 1 aliphatic heterocycles. The fourth-order valence-electron chi connectivity index (χ4n) is 2.83. The number of halogens is 4. The van der Waals surface area contributed by atoms with E-state index in [4.69, 9.17) is 0 Å². The number of benzene rings is 1. The molecule has 0 spiro atoms. The van der Waals surface area contributed by atoms with E-state index in [0.717, 1.165) is 36.4 Å². The number of rotatable bonds is 5. The van der Waals surface area contributed by atoms with E-state index in [0.29, 0.717) is 23.5 Å². The maximum absolute atomic E-state index is 12.8. The van der Waals surface area contributed by atoms with E-state index in [1.807, 2.05) is 0 Å². The van der Waals surface area contributed by atoms with Crippen molar-refractivity contribution >= 4 is 34.8 Å². The van der Waals surface area contributed by atoms with Gasteiger partial charge in [-0.2, -0.15) is 13.2 Å². The van der Waals surface area contributed by atoms with E-state index in [1.54, 1.807) is 12.3 Å². The summed E-state index contributed by atoms with van der Waals surface area (Å²) in [5.41, 5.74) is -0.0985. The van der Waals surface area contributed by atoms with Crippen LogP contribution < -0.4 is 10.6 Å². The second-order valence-electron chi connectivity index (χ2n) is 6.05. The summed E-state index contributed by atoms with van der Waals surface area (Å²) in [5, 5.41) is 6.49. The molecule has 142 valence electrons. The van der Waals surface area contributed by atoms with Gasteiger partial charge in [0, 0.05) is 30.0 Å². The molecule has 0 aliphatic carbocycles. The number of nitrogens with one attached hydrogen (secondary N) is 2. The second-order valence-corrected chi connectivity index (χ2v) is 7.17. The first-order valence-electron chi connectivity index (χ1n) is 8.04. The van der Waals surface area contributed by atoms with E-state index in [2.05, 4.69) is 15.6 Å². The van der Waals surface area contributed by atoms with Crippen LogP contribution in [0.2, 0.25) is 0 Å². The summed E-state index contributed by atoms with van der Waals surface area (Å²) < 4.78 is 38.3. The van der Waals surface area contributed by atoms with Crippen LogP contribution in [0.1, 0.15) is 35.3 Å². The van der Waals surface area contributed by atoms with Gasteiger partial charge in [-0.15, -0.1) is 23.7 Å². The minimum Gasteiger partial charge on any atom is -0.313 e. The SMILES string of the molecule is Cl.O=C(CC1CCCN1)Nc1ncc(Cc2cccc(C(F)(F)F)c2)s1. The lowest BCUT2D eigenvalue weighted by molar-refractivity contribution is -0.137. The van der Waals surface area contributed by atoms with E-state index in [9.17, 15) is 18.0 Å². The Balaban J connectivity index is 0.00000243. The fourth-order valence-corrected chi connectivity index (χ4v) is 3.69. The lowest BCUT2D eigenvalue weighted by atomic mass is 10.1. The Hall–Kier alpha value is -1.64. The Morgan fingerprint density at radius 2 is 2.19 bits per heavy atom. The molecule has 0 bridgehead atoms. The molecule has 4 nitrogen and oxygen atoms in total. The third-order valence-corrected chi connectivity index (χ3v) is 4.94. The highest BCUT2D eigenvalue weighted by molar-refractivity contribution is 7.15. The van der Waals surface area contributed by atoms with Crippen molar-refractivity contribution in [1.82, 2.24) is 10.3 Å². The third kappa shape index (κ3) is 5.69. The molecule has 1 fully saturated rings. The zero-order chi connectivity index (χ0) is 17.9. The van der Waals surface area contributed by atoms with Crippen molar-refractivity contribution < 1.29 is 18.0 Å². The van der Waals surface area contributed by atoms with Gasteiger partial charge >= 0.3 is 6.18 Å². The van der Waals surface area contributed by atoms with Crippen molar-refractivity contribution in [3.63, 3.8) is 0 Å². The van der Waals surface area contributed by atoms with Crippen LogP contribution in [0.25, 0.3) is 0 Å². The fraction of sp³-hybridized carbons (Fsp3) is 0.412. The number of amides is 1. The van der Waals surface area contributed by atoms with Crippen LogP contribution >= 0.6 is 23.7 Å². The van der Waals surface area contributed by atoms with Gasteiger partial charge in [0.2, 0.25) is 5.91 Å². The van der Waals surface area contributed by atoms with Crippen molar-refractivity contribution in [3.05, 3.63) is 46.5 Å². The van der Waals surface area contributed by atoms with Gasteiger partial charge in [0.15, 0.2) is 5.13 Å². The van der Waals surface area contributed by atoms with Crippen molar-refractivity contribution in [3.8, 4) is 0 Å². The molecule has 9 heteroatoms. The molecule has 1 aliphatic rings. The first kappa shape index (κ1) is 20.7. The Morgan fingerprint density at radius 1 is 1.38 bits per heavy atom. The first-order valence-corrected chi connectivity index (χ1v) is 8.86. The summed E-state index contributed by atoms with van der Waals surface area (Å²) in [6.07, 6.45) is 0.0675. The third-order valence-electron chi connectivity index (χ3n) is 4.03. The average Bonchev–Trinajstić information content (AvgIpc) is 3.19. The molecule has 2 aromatic rings. The summed E-state index contributed by atoms with van der Waals surface area (Å²) in [6, 6.07) is 5.46. The second kappa shape index (κ2) is 8.83. The Bertz CT molecular complexity index is 745. The molecule has 1 amide bonds. The molecule has 1 unspecified atom stereocenters. The Kier molecular flexibility index (Phi) is 7.02. The largest absolute Gasteiger partial charge is 0.416 e. The van der Waals surface area contributed by atoms with E-state index in [-0.39, 0.29) is 24.4 Å². The zero-order valence-corrected chi connectivity index (χ0v) is 15.4. The van der Waals surface area contributed by atoms with Gasteiger partial charge in [-0.05, 0) is 31.0 Å².